The Morgan fingerprint density at radius 3 is 2.75 bits per heavy atom. The number of ether oxygens (including phenoxy) is 1. The Labute approximate surface area is 127 Å². The Bertz CT molecular complexity index is 573. The molecule has 2 atom stereocenters. The largest absolute Gasteiger partial charge is 0.373 e. The fourth-order valence-electron chi connectivity index (χ4n) is 2.67. The van der Waals surface area contributed by atoms with Gasteiger partial charge in [0.05, 0.1) is 27.6 Å². The van der Waals surface area contributed by atoms with Gasteiger partial charge < -0.3 is 9.26 Å². The molecule has 0 aromatic carbocycles. The number of thiophene rings is 1. The van der Waals surface area contributed by atoms with E-state index in [1.807, 2.05) is 12.1 Å². The summed E-state index contributed by atoms with van der Waals surface area (Å²) in [4.78, 5) is 3.40. The molecule has 0 amide bonds. The molecule has 2 aromatic rings. The van der Waals surface area contributed by atoms with Crippen LogP contribution in [-0.4, -0.2) is 35.4 Å². The second-order valence-corrected chi connectivity index (χ2v) is 6.95. The SMILES string of the molecule is C[C@H]1CN(Cc2cnoc2-c2ccc(Cl)s2)C[C@H](C)O1. The average Bonchev–Trinajstić information content (AvgIpc) is 2.96. The zero-order valence-electron chi connectivity index (χ0n) is 11.5. The summed E-state index contributed by atoms with van der Waals surface area (Å²) in [5, 5.41) is 3.94. The third-order valence-corrected chi connectivity index (χ3v) is 4.56. The van der Waals surface area contributed by atoms with E-state index in [-0.39, 0.29) is 12.2 Å². The van der Waals surface area contributed by atoms with Crippen molar-refractivity contribution in [1.29, 1.82) is 0 Å². The van der Waals surface area contributed by atoms with Gasteiger partial charge in [0.2, 0.25) is 0 Å². The summed E-state index contributed by atoms with van der Waals surface area (Å²) in [6, 6.07) is 3.86. The first kappa shape index (κ1) is 14.1. The average molecular weight is 313 g/mol. The molecule has 20 heavy (non-hydrogen) atoms. The highest BCUT2D eigenvalue weighted by Gasteiger charge is 2.24. The number of halogens is 1. The van der Waals surface area contributed by atoms with Gasteiger partial charge in [-0.1, -0.05) is 16.8 Å². The standard InChI is InChI=1S/C14H17ClN2O2S/c1-9-6-17(7-10(2)18-9)8-11-5-16-19-14(11)12-3-4-13(15)20-12/h3-5,9-10H,6-8H2,1-2H3/t9-,10-/m0/s1. The predicted octanol–water partition coefficient (Wildman–Crippen LogP) is 3.67. The molecule has 2 aromatic heterocycles. The maximum Gasteiger partial charge on any atom is 0.181 e. The smallest absolute Gasteiger partial charge is 0.181 e. The molecule has 0 bridgehead atoms. The summed E-state index contributed by atoms with van der Waals surface area (Å²) in [6.07, 6.45) is 2.32. The lowest BCUT2D eigenvalue weighted by Crippen LogP contribution is -2.44. The van der Waals surface area contributed by atoms with Crippen molar-refractivity contribution in [2.24, 2.45) is 0 Å². The Hall–Kier alpha value is -0.880. The third-order valence-electron chi connectivity index (χ3n) is 3.33. The van der Waals surface area contributed by atoms with Crippen LogP contribution < -0.4 is 0 Å². The van der Waals surface area contributed by atoms with Crippen LogP contribution in [0.2, 0.25) is 4.34 Å². The summed E-state index contributed by atoms with van der Waals surface area (Å²) in [5.74, 6) is 0.827. The highest BCUT2D eigenvalue weighted by atomic mass is 35.5. The van der Waals surface area contributed by atoms with Crippen LogP contribution in [0.1, 0.15) is 19.4 Å². The fourth-order valence-corrected chi connectivity index (χ4v) is 3.72. The van der Waals surface area contributed by atoms with Gasteiger partial charge in [-0.3, -0.25) is 4.90 Å². The molecular formula is C14H17ClN2O2S. The van der Waals surface area contributed by atoms with E-state index in [1.165, 1.54) is 11.3 Å². The van der Waals surface area contributed by atoms with Crippen molar-refractivity contribution in [3.63, 3.8) is 0 Å². The van der Waals surface area contributed by atoms with Crippen molar-refractivity contribution in [3.05, 3.63) is 28.2 Å². The van der Waals surface area contributed by atoms with Crippen molar-refractivity contribution >= 4 is 22.9 Å². The van der Waals surface area contributed by atoms with Gasteiger partial charge in [0.1, 0.15) is 0 Å². The van der Waals surface area contributed by atoms with Crippen molar-refractivity contribution in [1.82, 2.24) is 10.1 Å². The minimum Gasteiger partial charge on any atom is -0.373 e. The second-order valence-electron chi connectivity index (χ2n) is 5.24. The van der Waals surface area contributed by atoms with Crippen LogP contribution in [0.3, 0.4) is 0 Å². The van der Waals surface area contributed by atoms with E-state index in [0.29, 0.717) is 0 Å². The van der Waals surface area contributed by atoms with E-state index < -0.39 is 0 Å². The molecule has 0 aliphatic carbocycles. The van der Waals surface area contributed by atoms with Crippen LogP contribution >= 0.6 is 22.9 Å². The molecule has 6 heteroatoms. The normalized spacial score (nSPS) is 24.1. The third kappa shape index (κ3) is 3.06. The van der Waals surface area contributed by atoms with Gasteiger partial charge >= 0.3 is 0 Å². The Morgan fingerprint density at radius 2 is 2.10 bits per heavy atom. The molecule has 3 rings (SSSR count). The van der Waals surface area contributed by atoms with Crippen LogP contribution in [0, 0.1) is 0 Å². The fraction of sp³-hybridized carbons (Fsp3) is 0.500. The van der Waals surface area contributed by atoms with Crippen molar-refractivity contribution in [2.45, 2.75) is 32.6 Å². The zero-order valence-corrected chi connectivity index (χ0v) is 13.1. The first-order valence-electron chi connectivity index (χ1n) is 6.69. The van der Waals surface area contributed by atoms with E-state index in [4.69, 9.17) is 20.9 Å². The summed E-state index contributed by atoms with van der Waals surface area (Å²) in [6.45, 7) is 6.90. The highest BCUT2D eigenvalue weighted by Crippen LogP contribution is 2.33. The van der Waals surface area contributed by atoms with Crippen LogP contribution in [0.25, 0.3) is 10.6 Å². The van der Waals surface area contributed by atoms with E-state index in [1.54, 1.807) is 6.20 Å². The number of nitrogens with zero attached hydrogens (tertiary/aromatic N) is 2. The van der Waals surface area contributed by atoms with E-state index in [0.717, 1.165) is 40.2 Å². The molecule has 4 nitrogen and oxygen atoms in total. The summed E-state index contributed by atoms with van der Waals surface area (Å²) >= 11 is 7.50. The molecular weight excluding hydrogens is 296 g/mol. The molecule has 1 aliphatic heterocycles. The van der Waals surface area contributed by atoms with Crippen LogP contribution in [0.15, 0.2) is 22.9 Å². The number of morpholine rings is 1. The number of hydrogen-bond donors (Lipinski definition) is 0. The van der Waals surface area contributed by atoms with E-state index >= 15 is 0 Å². The molecule has 0 spiro atoms. The lowest BCUT2D eigenvalue weighted by molar-refractivity contribution is -0.0704. The zero-order chi connectivity index (χ0) is 14.1. The molecule has 0 N–H and O–H groups in total. The van der Waals surface area contributed by atoms with E-state index in [9.17, 15) is 0 Å². The molecule has 1 aliphatic rings. The molecule has 0 radical (unpaired) electrons. The topological polar surface area (TPSA) is 38.5 Å². The highest BCUT2D eigenvalue weighted by molar-refractivity contribution is 7.19. The maximum atomic E-state index is 5.99. The second kappa shape index (κ2) is 5.85. The van der Waals surface area contributed by atoms with Gasteiger partial charge in [0.15, 0.2) is 5.76 Å². The van der Waals surface area contributed by atoms with Gasteiger partial charge in [-0.15, -0.1) is 11.3 Å². The lowest BCUT2D eigenvalue weighted by atomic mass is 10.1. The molecule has 0 saturated carbocycles. The first-order chi connectivity index (χ1) is 9.61. The Kier molecular flexibility index (Phi) is 4.12. The van der Waals surface area contributed by atoms with Gasteiger partial charge in [-0.25, -0.2) is 0 Å². The van der Waals surface area contributed by atoms with Crippen LogP contribution in [0.4, 0.5) is 0 Å². The number of rotatable bonds is 3. The van der Waals surface area contributed by atoms with Crippen LogP contribution in [0.5, 0.6) is 0 Å². The monoisotopic (exact) mass is 312 g/mol. The Morgan fingerprint density at radius 1 is 1.35 bits per heavy atom. The van der Waals surface area contributed by atoms with Gasteiger partial charge in [-0.05, 0) is 26.0 Å². The Balaban J connectivity index is 1.77. The molecule has 1 fully saturated rings. The molecule has 1 saturated heterocycles. The van der Waals surface area contributed by atoms with Crippen LogP contribution in [-0.2, 0) is 11.3 Å². The molecule has 108 valence electrons. The summed E-state index contributed by atoms with van der Waals surface area (Å²) < 4.78 is 11.9. The summed E-state index contributed by atoms with van der Waals surface area (Å²) in [7, 11) is 0. The van der Waals surface area contributed by atoms with Crippen molar-refractivity contribution in [3.8, 4) is 10.6 Å². The number of aromatic nitrogens is 1. The number of hydrogen-bond acceptors (Lipinski definition) is 5. The molecule has 3 heterocycles. The van der Waals surface area contributed by atoms with Gasteiger partial charge in [-0.2, -0.15) is 0 Å². The lowest BCUT2D eigenvalue weighted by Gasteiger charge is -2.35. The predicted molar refractivity (Wildman–Crippen MR) is 80.1 cm³/mol. The minimum absolute atomic E-state index is 0.262. The minimum atomic E-state index is 0.262. The summed E-state index contributed by atoms with van der Waals surface area (Å²) in [5.41, 5.74) is 1.10. The molecule has 0 unspecified atom stereocenters. The van der Waals surface area contributed by atoms with E-state index in [2.05, 4.69) is 23.9 Å². The first-order valence-corrected chi connectivity index (χ1v) is 7.88. The maximum absolute atomic E-state index is 5.99. The quantitative estimate of drug-likeness (QED) is 0.867. The van der Waals surface area contributed by atoms with Crippen molar-refractivity contribution < 1.29 is 9.26 Å². The van der Waals surface area contributed by atoms with Gasteiger partial charge in [0, 0.05) is 25.2 Å². The van der Waals surface area contributed by atoms with Gasteiger partial charge in [0.25, 0.3) is 0 Å². The van der Waals surface area contributed by atoms with Crippen molar-refractivity contribution in [2.75, 3.05) is 13.1 Å².